The maximum absolute atomic E-state index is 6.04. The Hall–Kier alpha value is -0.0800. The zero-order valence-electron chi connectivity index (χ0n) is 11.3. The summed E-state index contributed by atoms with van der Waals surface area (Å²) in [5.74, 6) is 0. The van der Waals surface area contributed by atoms with Gasteiger partial charge < -0.3 is 9.47 Å². The fourth-order valence-electron chi connectivity index (χ4n) is 2.20. The first-order valence-electron chi connectivity index (χ1n) is 6.93. The minimum Gasteiger partial charge on any atom is -0.353 e. The molecule has 0 aromatic heterocycles. The lowest BCUT2D eigenvalue weighted by Gasteiger charge is -2.32. The highest BCUT2D eigenvalue weighted by Crippen LogP contribution is 2.25. The third-order valence-electron chi connectivity index (χ3n) is 3.22. The van der Waals surface area contributed by atoms with E-state index in [0.717, 1.165) is 19.4 Å². The molecule has 1 rings (SSSR count). The van der Waals surface area contributed by atoms with Crippen LogP contribution in [-0.4, -0.2) is 18.5 Å². The topological polar surface area (TPSA) is 18.5 Å². The average Bonchev–Trinajstić information content (AvgIpc) is 2.25. The Kier molecular flexibility index (Phi) is 6.37. The van der Waals surface area contributed by atoms with E-state index in [1.54, 1.807) is 0 Å². The summed E-state index contributed by atoms with van der Waals surface area (Å²) < 4.78 is 11.7. The SMILES string of the molecule is CCCCCCC(C)(C)OC1CCCCO1. The van der Waals surface area contributed by atoms with Gasteiger partial charge in [-0.3, -0.25) is 0 Å². The first-order valence-corrected chi connectivity index (χ1v) is 6.93. The molecule has 16 heavy (non-hydrogen) atoms. The Morgan fingerprint density at radius 2 is 2.00 bits per heavy atom. The fourth-order valence-corrected chi connectivity index (χ4v) is 2.20. The lowest BCUT2D eigenvalue weighted by molar-refractivity contribution is -0.217. The van der Waals surface area contributed by atoms with Crippen LogP contribution in [-0.2, 0) is 9.47 Å². The van der Waals surface area contributed by atoms with Crippen molar-refractivity contribution in [2.24, 2.45) is 0 Å². The fraction of sp³-hybridized carbons (Fsp3) is 1.00. The highest BCUT2D eigenvalue weighted by Gasteiger charge is 2.25. The second-order valence-electron chi connectivity index (χ2n) is 5.48. The first-order chi connectivity index (χ1) is 7.64. The van der Waals surface area contributed by atoms with Crippen molar-refractivity contribution in [2.75, 3.05) is 6.61 Å². The van der Waals surface area contributed by atoms with Gasteiger partial charge in [-0.25, -0.2) is 0 Å². The second-order valence-corrected chi connectivity index (χ2v) is 5.48. The van der Waals surface area contributed by atoms with E-state index in [0.29, 0.717) is 0 Å². The third-order valence-corrected chi connectivity index (χ3v) is 3.22. The smallest absolute Gasteiger partial charge is 0.158 e. The van der Waals surface area contributed by atoms with Crippen LogP contribution in [0.15, 0.2) is 0 Å². The van der Waals surface area contributed by atoms with E-state index in [1.165, 1.54) is 38.5 Å². The summed E-state index contributed by atoms with van der Waals surface area (Å²) in [5, 5.41) is 0. The standard InChI is InChI=1S/C14H28O2/c1-4-5-6-8-11-14(2,3)16-13-10-7-9-12-15-13/h13H,4-12H2,1-3H3. The van der Waals surface area contributed by atoms with Gasteiger partial charge in [0.05, 0.1) is 5.60 Å². The summed E-state index contributed by atoms with van der Waals surface area (Å²) in [6, 6.07) is 0. The van der Waals surface area contributed by atoms with E-state index < -0.39 is 0 Å². The summed E-state index contributed by atoms with van der Waals surface area (Å²) in [5.41, 5.74) is -0.0181. The molecule has 2 heteroatoms. The predicted molar refractivity (Wildman–Crippen MR) is 67.5 cm³/mol. The van der Waals surface area contributed by atoms with E-state index in [9.17, 15) is 0 Å². The van der Waals surface area contributed by atoms with Crippen molar-refractivity contribution in [1.29, 1.82) is 0 Å². The molecule has 0 radical (unpaired) electrons. The van der Waals surface area contributed by atoms with Crippen LogP contribution in [0.25, 0.3) is 0 Å². The normalized spacial score (nSPS) is 22.3. The van der Waals surface area contributed by atoms with Gasteiger partial charge in [-0.05, 0) is 39.5 Å². The lowest BCUT2D eigenvalue weighted by atomic mass is 9.99. The Balaban J connectivity index is 2.16. The Morgan fingerprint density at radius 1 is 1.19 bits per heavy atom. The first kappa shape index (κ1) is 14.0. The van der Waals surface area contributed by atoms with Crippen LogP contribution in [0.5, 0.6) is 0 Å². The van der Waals surface area contributed by atoms with Crippen molar-refractivity contribution < 1.29 is 9.47 Å². The van der Waals surface area contributed by atoms with Crippen molar-refractivity contribution in [3.63, 3.8) is 0 Å². The maximum atomic E-state index is 6.04. The molecule has 1 saturated heterocycles. The molecule has 1 aliphatic heterocycles. The average molecular weight is 228 g/mol. The van der Waals surface area contributed by atoms with E-state index >= 15 is 0 Å². The molecule has 1 unspecified atom stereocenters. The van der Waals surface area contributed by atoms with Gasteiger partial charge in [0.1, 0.15) is 0 Å². The van der Waals surface area contributed by atoms with Crippen molar-refractivity contribution in [3.8, 4) is 0 Å². The zero-order chi connectivity index (χ0) is 11.9. The quantitative estimate of drug-likeness (QED) is 0.606. The van der Waals surface area contributed by atoms with Crippen LogP contribution in [0.2, 0.25) is 0 Å². The van der Waals surface area contributed by atoms with Crippen LogP contribution < -0.4 is 0 Å². The van der Waals surface area contributed by atoms with Crippen molar-refractivity contribution in [2.45, 2.75) is 84.0 Å². The molecule has 0 N–H and O–H groups in total. The molecule has 1 fully saturated rings. The van der Waals surface area contributed by atoms with E-state index in [1.807, 2.05) is 0 Å². The van der Waals surface area contributed by atoms with E-state index in [2.05, 4.69) is 20.8 Å². The summed E-state index contributed by atoms with van der Waals surface area (Å²) >= 11 is 0. The lowest BCUT2D eigenvalue weighted by Crippen LogP contribution is -2.34. The Labute approximate surface area is 101 Å². The van der Waals surface area contributed by atoms with E-state index in [4.69, 9.17) is 9.47 Å². The summed E-state index contributed by atoms with van der Waals surface area (Å²) in [6.45, 7) is 7.50. The largest absolute Gasteiger partial charge is 0.353 e. The van der Waals surface area contributed by atoms with Crippen molar-refractivity contribution >= 4 is 0 Å². The highest BCUT2D eigenvalue weighted by atomic mass is 16.7. The van der Waals surface area contributed by atoms with Gasteiger partial charge in [-0.15, -0.1) is 0 Å². The summed E-state index contributed by atoms with van der Waals surface area (Å²) in [7, 11) is 0. The van der Waals surface area contributed by atoms with Crippen LogP contribution in [0.3, 0.4) is 0 Å². The minimum absolute atomic E-state index is 0.0181. The van der Waals surface area contributed by atoms with Gasteiger partial charge >= 0.3 is 0 Å². The van der Waals surface area contributed by atoms with Gasteiger partial charge in [0.2, 0.25) is 0 Å². The van der Waals surface area contributed by atoms with Gasteiger partial charge in [-0.1, -0.05) is 32.6 Å². The number of hydrogen-bond acceptors (Lipinski definition) is 2. The van der Waals surface area contributed by atoms with Crippen molar-refractivity contribution in [1.82, 2.24) is 0 Å². The van der Waals surface area contributed by atoms with Crippen LogP contribution in [0.1, 0.15) is 72.1 Å². The Morgan fingerprint density at radius 3 is 2.62 bits per heavy atom. The summed E-state index contributed by atoms with van der Waals surface area (Å²) in [4.78, 5) is 0. The van der Waals surface area contributed by atoms with Crippen molar-refractivity contribution in [3.05, 3.63) is 0 Å². The van der Waals surface area contributed by atoms with Gasteiger partial charge in [0.15, 0.2) is 6.29 Å². The Bertz CT molecular complexity index is 172. The van der Waals surface area contributed by atoms with Gasteiger partial charge in [0, 0.05) is 6.61 Å². The minimum atomic E-state index is -0.0181. The van der Waals surface area contributed by atoms with Crippen LogP contribution >= 0.6 is 0 Å². The number of rotatable bonds is 7. The number of ether oxygens (including phenoxy) is 2. The molecule has 0 saturated carbocycles. The molecule has 0 aliphatic carbocycles. The van der Waals surface area contributed by atoms with Gasteiger partial charge in [-0.2, -0.15) is 0 Å². The summed E-state index contributed by atoms with van der Waals surface area (Å²) in [6.07, 6.45) is 9.94. The highest BCUT2D eigenvalue weighted by molar-refractivity contribution is 4.70. The monoisotopic (exact) mass is 228 g/mol. The van der Waals surface area contributed by atoms with E-state index in [-0.39, 0.29) is 11.9 Å². The molecule has 1 heterocycles. The molecule has 0 aromatic rings. The molecule has 1 atom stereocenters. The molecular weight excluding hydrogens is 200 g/mol. The van der Waals surface area contributed by atoms with Gasteiger partial charge in [0.25, 0.3) is 0 Å². The molecule has 2 nitrogen and oxygen atoms in total. The van der Waals surface area contributed by atoms with Crippen LogP contribution in [0.4, 0.5) is 0 Å². The molecule has 0 amide bonds. The number of hydrogen-bond donors (Lipinski definition) is 0. The maximum Gasteiger partial charge on any atom is 0.158 e. The molecule has 96 valence electrons. The molecule has 0 bridgehead atoms. The molecule has 0 spiro atoms. The predicted octanol–water partition coefficient (Wildman–Crippen LogP) is 4.28. The molecule has 1 aliphatic rings. The van der Waals surface area contributed by atoms with Crippen LogP contribution in [0, 0.1) is 0 Å². The number of unbranched alkanes of at least 4 members (excludes halogenated alkanes) is 3. The third kappa shape index (κ3) is 5.86. The molecular formula is C14H28O2. The zero-order valence-corrected chi connectivity index (χ0v) is 11.3. The second kappa shape index (κ2) is 7.29. The molecule has 0 aromatic carbocycles.